The third-order valence-corrected chi connectivity index (χ3v) is 3.79. The number of hydrogen-bond donors (Lipinski definition) is 0. The molecule has 8 nitrogen and oxygen atoms in total. The Labute approximate surface area is 117 Å². The average Bonchev–Trinajstić information content (AvgIpc) is 2.45. The maximum Gasteiger partial charge on any atom is 0.367 e. The van der Waals surface area contributed by atoms with Crippen LogP contribution in [0, 0.1) is 0 Å². The number of aromatic nitrogens is 2. The van der Waals surface area contributed by atoms with Crippen LogP contribution in [0.5, 0.6) is 5.88 Å². The number of carbonyl (C=O) groups is 1. The zero-order valence-electron chi connectivity index (χ0n) is 11.6. The van der Waals surface area contributed by atoms with E-state index in [0.29, 0.717) is 0 Å². The molecule has 0 aromatic carbocycles. The minimum atomic E-state index is -3.30. The van der Waals surface area contributed by atoms with E-state index in [1.54, 1.807) is 13.8 Å². The van der Waals surface area contributed by atoms with Crippen LogP contribution in [0.4, 0.5) is 0 Å². The van der Waals surface area contributed by atoms with E-state index in [0.717, 1.165) is 0 Å². The van der Waals surface area contributed by atoms with Gasteiger partial charge in [-0.1, -0.05) is 0 Å². The van der Waals surface area contributed by atoms with Gasteiger partial charge >= 0.3 is 13.6 Å². The van der Waals surface area contributed by atoms with Crippen molar-refractivity contribution in [3.05, 3.63) is 18.1 Å². The van der Waals surface area contributed by atoms with Crippen molar-refractivity contribution in [2.24, 2.45) is 0 Å². The van der Waals surface area contributed by atoms with Gasteiger partial charge in [0.1, 0.15) is 0 Å². The minimum Gasteiger partial charge on any atom is -0.464 e. The van der Waals surface area contributed by atoms with Crippen LogP contribution < -0.4 is 4.74 Å². The normalized spacial score (nSPS) is 11.2. The fraction of sp³-hybridized carbons (Fsp3) is 0.545. The topological polar surface area (TPSA) is 96.8 Å². The van der Waals surface area contributed by atoms with Gasteiger partial charge in [0.05, 0.1) is 32.7 Å². The van der Waals surface area contributed by atoms with Gasteiger partial charge < -0.3 is 18.5 Å². The highest BCUT2D eigenvalue weighted by molar-refractivity contribution is 7.53. The molecular formula is C11H17N2O6P. The third kappa shape index (κ3) is 4.88. The first-order chi connectivity index (χ1) is 9.54. The quantitative estimate of drug-likeness (QED) is 0.530. The molecule has 1 rings (SSSR count). The number of ether oxygens (including phenoxy) is 2. The average molecular weight is 304 g/mol. The Balaban J connectivity index is 2.64. The summed E-state index contributed by atoms with van der Waals surface area (Å²) in [7, 11) is -2.06. The van der Waals surface area contributed by atoms with Gasteiger partial charge in [0.2, 0.25) is 5.88 Å². The van der Waals surface area contributed by atoms with E-state index in [1.807, 2.05) is 0 Å². The van der Waals surface area contributed by atoms with Crippen LogP contribution in [0.25, 0.3) is 0 Å². The van der Waals surface area contributed by atoms with Gasteiger partial charge in [0.15, 0.2) is 12.0 Å². The first-order valence-electron chi connectivity index (χ1n) is 5.96. The molecule has 0 spiro atoms. The molecule has 1 aromatic rings. The molecule has 0 aliphatic heterocycles. The van der Waals surface area contributed by atoms with Crippen LogP contribution in [0.15, 0.2) is 12.4 Å². The molecule has 0 aliphatic rings. The van der Waals surface area contributed by atoms with Crippen molar-refractivity contribution in [1.29, 1.82) is 0 Å². The number of nitrogens with zero attached hydrogens (tertiary/aromatic N) is 2. The van der Waals surface area contributed by atoms with Gasteiger partial charge in [-0.2, -0.15) is 0 Å². The van der Waals surface area contributed by atoms with Gasteiger partial charge in [-0.15, -0.1) is 0 Å². The van der Waals surface area contributed by atoms with E-state index < -0.39 is 13.6 Å². The lowest BCUT2D eigenvalue weighted by Crippen LogP contribution is -2.08. The lowest BCUT2D eigenvalue weighted by atomic mass is 10.5. The Morgan fingerprint density at radius 3 is 2.30 bits per heavy atom. The molecule has 112 valence electrons. The fourth-order valence-corrected chi connectivity index (χ4v) is 2.55. The molecule has 0 bridgehead atoms. The van der Waals surface area contributed by atoms with Crippen molar-refractivity contribution in [2.75, 3.05) is 26.7 Å². The van der Waals surface area contributed by atoms with E-state index in [4.69, 9.17) is 13.8 Å². The summed E-state index contributed by atoms with van der Waals surface area (Å²) in [4.78, 5) is 18.8. The van der Waals surface area contributed by atoms with Crippen molar-refractivity contribution in [1.82, 2.24) is 9.97 Å². The van der Waals surface area contributed by atoms with E-state index in [1.165, 1.54) is 19.5 Å². The summed E-state index contributed by atoms with van der Waals surface area (Å²) in [5.41, 5.74) is 0.0534. The molecule has 20 heavy (non-hydrogen) atoms. The minimum absolute atomic E-state index is 0.0534. The van der Waals surface area contributed by atoms with Crippen molar-refractivity contribution < 1.29 is 27.9 Å². The van der Waals surface area contributed by atoms with Crippen LogP contribution in [-0.2, 0) is 18.3 Å². The highest BCUT2D eigenvalue weighted by Gasteiger charge is 2.25. The predicted octanol–water partition coefficient (Wildman–Crippen LogP) is 1.87. The van der Waals surface area contributed by atoms with Gasteiger partial charge in [-0.05, 0) is 13.8 Å². The number of hydrogen-bond acceptors (Lipinski definition) is 8. The first-order valence-corrected chi connectivity index (χ1v) is 7.68. The van der Waals surface area contributed by atoms with Gasteiger partial charge in [0, 0.05) is 0 Å². The molecule has 9 heteroatoms. The monoisotopic (exact) mass is 304 g/mol. The molecule has 0 saturated carbocycles. The standard InChI is InChI=1S/C11H17N2O6P/c1-4-18-20(15,19-5-2)8-17-10-7-12-9(6-13-10)11(14)16-3/h6-7H,4-5,8H2,1-3H3. The molecule has 0 unspecified atom stereocenters. The Bertz CT molecular complexity index is 468. The Hall–Kier alpha value is -1.50. The predicted molar refractivity (Wildman–Crippen MR) is 69.7 cm³/mol. The zero-order chi connectivity index (χ0) is 15.0. The van der Waals surface area contributed by atoms with Crippen molar-refractivity contribution in [3.63, 3.8) is 0 Å². The number of rotatable bonds is 8. The fourth-order valence-electron chi connectivity index (χ4n) is 1.25. The zero-order valence-corrected chi connectivity index (χ0v) is 12.5. The second-order valence-electron chi connectivity index (χ2n) is 3.45. The number of esters is 1. The molecular weight excluding hydrogens is 287 g/mol. The second-order valence-corrected chi connectivity index (χ2v) is 5.45. The summed E-state index contributed by atoms with van der Waals surface area (Å²) < 4.78 is 31.9. The van der Waals surface area contributed by atoms with Crippen LogP contribution >= 0.6 is 7.60 Å². The summed E-state index contributed by atoms with van der Waals surface area (Å²) in [6, 6.07) is 0. The summed E-state index contributed by atoms with van der Waals surface area (Å²) in [6.45, 7) is 3.90. The summed E-state index contributed by atoms with van der Waals surface area (Å²) in [5.74, 6) is -0.490. The summed E-state index contributed by atoms with van der Waals surface area (Å²) >= 11 is 0. The van der Waals surface area contributed by atoms with Gasteiger partial charge in [-0.3, -0.25) is 4.57 Å². The van der Waals surface area contributed by atoms with Crippen LogP contribution in [0.1, 0.15) is 24.3 Å². The third-order valence-electron chi connectivity index (χ3n) is 2.04. The number of methoxy groups -OCH3 is 1. The second kappa shape index (κ2) is 7.94. The maximum absolute atomic E-state index is 12.1. The molecule has 0 radical (unpaired) electrons. The lowest BCUT2D eigenvalue weighted by Gasteiger charge is -2.16. The molecule has 0 amide bonds. The van der Waals surface area contributed by atoms with Gasteiger partial charge in [-0.25, -0.2) is 14.8 Å². The van der Waals surface area contributed by atoms with Crippen LogP contribution in [-0.4, -0.2) is 42.6 Å². The molecule has 1 aromatic heterocycles. The smallest absolute Gasteiger partial charge is 0.367 e. The summed E-state index contributed by atoms with van der Waals surface area (Å²) in [5, 5.41) is 0. The molecule has 0 atom stereocenters. The SMILES string of the molecule is CCOP(=O)(COc1cnc(C(=O)OC)cn1)OCC. The molecule has 0 N–H and O–H groups in total. The summed E-state index contributed by atoms with van der Waals surface area (Å²) in [6.07, 6.45) is 2.16. The largest absolute Gasteiger partial charge is 0.464 e. The first kappa shape index (κ1) is 16.6. The van der Waals surface area contributed by atoms with E-state index in [2.05, 4.69) is 14.7 Å². The van der Waals surface area contributed by atoms with E-state index in [-0.39, 0.29) is 31.1 Å². The molecule has 0 aliphatic carbocycles. The van der Waals surface area contributed by atoms with E-state index >= 15 is 0 Å². The van der Waals surface area contributed by atoms with Crippen molar-refractivity contribution in [3.8, 4) is 5.88 Å². The maximum atomic E-state index is 12.1. The van der Waals surface area contributed by atoms with Gasteiger partial charge in [0.25, 0.3) is 0 Å². The highest BCUT2D eigenvalue weighted by atomic mass is 31.2. The molecule has 0 fully saturated rings. The molecule has 1 heterocycles. The van der Waals surface area contributed by atoms with E-state index in [9.17, 15) is 9.36 Å². The lowest BCUT2D eigenvalue weighted by molar-refractivity contribution is 0.0593. The molecule has 0 saturated heterocycles. The Morgan fingerprint density at radius 1 is 1.20 bits per heavy atom. The van der Waals surface area contributed by atoms with Crippen molar-refractivity contribution in [2.45, 2.75) is 13.8 Å². The Kier molecular flexibility index (Phi) is 6.57. The number of carbonyl (C=O) groups excluding carboxylic acids is 1. The van der Waals surface area contributed by atoms with Crippen molar-refractivity contribution >= 4 is 13.6 Å². The van der Waals surface area contributed by atoms with Crippen LogP contribution in [0.2, 0.25) is 0 Å². The highest BCUT2D eigenvalue weighted by Crippen LogP contribution is 2.47. The van der Waals surface area contributed by atoms with Crippen LogP contribution in [0.3, 0.4) is 0 Å². The Morgan fingerprint density at radius 2 is 1.85 bits per heavy atom.